The normalized spacial score (nSPS) is 11.0. The van der Waals surface area contributed by atoms with Crippen molar-refractivity contribution in [3.63, 3.8) is 0 Å². The van der Waals surface area contributed by atoms with Crippen LogP contribution in [0.15, 0.2) is 30.5 Å². The number of halogens is 3. The maximum Gasteiger partial charge on any atom is 0.416 e. The Bertz CT molecular complexity index is 549. The van der Waals surface area contributed by atoms with Gasteiger partial charge in [-0.3, -0.25) is 0 Å². The van der Waals surface area contributed by atoms with E-state index in [2.05, 4.69) is 4.98 Å². The minimum atomic E-state index is -4.31. The molecular formula is C16H20F3NOS. The molecule has 0 saturated carbocycles. The van der Waals surface area contributed by atoms with Crippen molar-refractivity contribution in [3.05, 3.63) is 40.9 Å². The van der Waals surface area contributed by atoms with Crippen molar-refractivity contribution in [2.24, 2.45) is 0 Å². The number of hydrogen-bond acceptors (Lipinski definition) is 3. The number of alkyl halides is 3. The van der Waals surface area contributed by atoms with Crippen LogP contribution in [-0.2, 0) is 12.6 Å². The minimum Gasteiger partial charge on any atom is -0.396 e. The van der Waals surface area contributed by atoms with Crippen molar-refractivity contribution >= 4 is 11.3 Å². The fraction of sp³-hybridized carbons (Fsp3) is 0.438. The molecule has 122 valence electrons. The highest BCUT2D eigenvalue weighted by Gasteiger charge is 2.30. The zero-order chi connectivity index (χ0) is 16.6. The van der Waals surface area contributed by atoms with E-state index in [0.29, 0.717) is 5.56 Å². The summed E-state index contributed by atoms with van der Waals surface area (Å²) >= 11 is 1.48. The highest BCUT2D eigenvalue weighted by Crippen LogP contribution is 2.32. The summed E-state index contributed by atoms with van der Waals surface area (Å²) in [4.78, 5) is 5.31. The number of aliphatic hydroxyl groups is 1. The number of aryl methyl sites for hydroxylation is 1. The molecule has 6 heteroatoms. The number of nitrogens with zero attached hydrogens (tertiary/aromatic N) is 1. The van der Waals surface area contributed by atoms with Gasteiger partial charge in [-0.25, -0.2) is 4.98 Å². The van der Waals surface area contributed by atoms with Gasteiger partial charge in [0.05, 0.1) is 5.56 Å². The molecule has 1 aromatic carbocycles. The summed E-state index contributed by atoms with van der Waals surface area (Å²) in [6.45, 7) is 4.17. The molecule has 0 atom stereocenters. The SMILES string of the molecule is CC.OCCCCc1cnc(-c2ccc(C(F)(F)F)cc2)s1. The van der Waals surface area contributed by atoms with Gasteiger partial charge in [0.25, 0.3) is 0 Å². The van der Waals surface area contributed by atoms with Crippen LogP contribution in [-0.4, -0.2) is 16.7 Å². The first-order chi connectivity index (χ1) is 10.5. The largest absolute Gasteiger partial charge is 0.416 e. The van der Waals surface area contributed by atoms with Crippen molar-refractivity contribution < 1.29 is 18.3 Å². The Hall–Kier alpha value is -1.40. The van der Waals surface area contributed by atoms with Crippen LogP contribution in [0.5, 0.6) is 0 Å². The summed E-state index contributed by atoms with van der Waals surface area (Å²) in [5.41, 5.74) is 0.0392. The minimum absolute atomic E-state index is 0.171. The number of thiazole rings is 1. The summed E-state index contributed by atoms with van der Waals surface area (Å²) in [6.07, 6.45) is -0.108. The Labute approximate surface area is 132 Å². The van der Waals surface area contributed by atoms with E-state index < -0.39 is 11.7 Å². The molecule has 1 N–H and O–H groups in total. The fourth-order valence-electron chi connectivity index (χ4n) is 1.77. The van der Waals surface area contributed by atoms with Gasteiger partial charge in [-0.15, -0.1) is 11.3 Å². The molecule has 22 heavy (non-hydrogen) atoms. The molecule has 1 aromatic heterocycles. The number of aromatic nitrogens is 1. The Balaban J connectivity index is 0.00000116. The van der Waals surface area contributed by atoms with Gasteiger partial charge in [0.15, 0.2) is 0 Å². The Morgan fingerprint density at radius 2 is 1.73 bits per heavy atom. The first-order valence-corrected chi connectivity index (χ1v) is 8.05. The average molecular weight is 331 g/mol. The smallest absolute Gasteiger partial charge is 0.396 e. The molecule has 0 fully saturated rings. The number of aliphatic hydroxyl groups excluding tert-OH is 1. The van der Waals surface area contributed by atoms with E-state index in [4.69, 9.17) is 5.11 Å². The molecule has 0 bridgehead atoms. The second-order valence-electron chi connectivity index (χ2n) is 4.39. The lowest BCUT2D eigenvalue weighted by atomic mass is 10.1. The van der Waals surface area contributed by atoms with Gasteiger partial charge in [0.1, 0.15) is 5.01 Å². The lowest BCUT2D eigenvalue weighted by Gasteiger charge is -2.06. The zero-order valence-electron chi connectivity index (χ0n) is 12.7. The van der Waals surface area contributed by atoms with Crippen LogP contribution in [0.25, 0.3) is 10.6 Å². The van der Waals surface area contributed by atoms with Gasteiger partial charge >= 0.3 is 6.18 Å². The first-order valence-electron chi connectivity index (χ1n) is 7.24. The second kappa shape index (κ2) is 8.90. The van der Waals surface area contributed by atoms with E-state index in [-0.39, 0.29) is 6.61 Å². The monoisotopic (exact) mass is 331 g/mol. The molecule has 2 aromatic rings. The van der Waals surface area contributed by atoms with Crippen LogP contribution in [0.2, 0.25) is 0 Å². The summed E-state index contributed by atoms with van der Waals surface area (Å²) in [5.74, 6) is 0. The third kappa shape index (κ3) is 5.42. The van der Waals surface area contributed by atoms with Crippen molar-refractivity contribution in [2.75, 3.05) is 6.61 Å². The van der Waals surface area contributed by atoms with Crippen molar-refractivity contribution in [1.82, 2.24) is 4.98 Å². The Morgan fingerprint density at radius 3 is 2.27 bits per heavy atom. The topological polar surface area (TPSA) is 33.1 Å². The van der Waals surface area contributed by atoms with Crippen molar-refractivity contribution in [3.8, 4) is 10.6 Å². The molecule has 0 aliphatic rings. The van der Waals surface area contributed by atoms with E-state index in [1.807, 2.05) is 13.8 Å². The van der Waals surface area contributed by atoms with E-state index in [0.717, 1.165) is 41.3 Å². The quantitative estimate of drug-likeness (QED) is 0.767. The summed E-state index contributed by atoms with van der Waals surface area (Å²) in [5, 5.41) is 9.44. The molecular weight excluding hydrogens is 311 g/mol. The Kier molecular flexibility index (Phi) is 7.55. The number of hydrogen-bond donors (Lipinski definition) is 1. The van der Waals surface area contributed by atoms with Gasteiger partial charge in [0.2, 0.25) is 0 Å². The van der Waals surface area contributed by atoms with Gasteiger partial charge in [-0.05, 0) is 31.4 Å². The maximum absolute atomic E-state index is 12.5. The molecule has 0 aliphatic carbocycles. The average Bonchev–Trinajstić information content (AvgIpc) is 2.98. The van der Waals surface area contributed by atoms with E-state index in [1.165, 1.54) is 23.5 Å². The van der Waals surface area contributed by atoms with Crippen molar-refractivity contribution in [1.29, 1.82) is 0 Å². The van der Waals surface area contributed by atoms with Crippen LogP contribution in [0.1, 0.15) is 37.1 Å². The van der Waals surface area contributed by atoms with Crippen LogP contribution in [0.4, 0.5) is 13.2 Å². The van der Waals surface area contributed by atoms with Gasteiger partial charge < -0.3 is 5.11 Å². The summed E-state index contributed by atoms with van der Waals surface area (Å²) in [6, 6.07) is 5.03. The Morgan fingerprint density at radius 1 is 1.09 bits per heavy atom. The number of rotatable bonds is 5. The van der Waals surface area contributed by atoms with Crippen LogP contribution in [0.3, 0.4) is 0 Å². The molecule has 0 radical (unpaired) electrons. The molecule has 0 saturated heterocycles. The van der Waals surface area contributed by atoms with E-state index in [9.17, 15) is 13.2 Å². The predicted molar refractivity (Wildman–Crippen MR) is 83.9 cm³/mol. The highest BCUT2D eigenvalue weighted by atomic mass is 32.1. The van der Waals surface area contributed by atoms with Crippen LogP contribution in [0, 0.1) is 0 Å². The maximum atomic E-state index is 12.5. The molecule has 0 amide bonds. The molecule has 2 rings (SSSR count). The molecule has 0 unspecified atom stereocenters. The summed E-state index contributed by atoms with van der Waals surface area (Å²) < 4.78 is 37.4. The standard InChI is InChI=1S/C14H14F3NOS.C2H6/c15-14(16,17)11-6-4-10(5-7-11)13-18-9-12(20-13)3-1-2-8-19;1-2/h4-7,9,19H,1-3,8H2;1-2H3. The van der Waals surface area contributed by atoms with Gasteiger partial charge in [0, 0.05) is 23.2 Å². The van der Waals surface area contributed by atoms with Gasteiger partial charge in [-0.2, -0.15) is 13.2 Å². The molecule has 0 aliphatic heterocycles. The fourth-order valence-corrected chi connectivity index (χ4v) is 2.73. The van der Waals surface area contributed by atoms with Crippen LogP contribution >= 0.6 is 11.3 Å². The third-order valence-corrected chi connectivity index (χ3v) is 3.95. The number of unbranched alkanes of at least 4 members (excludes halogenated alkanes) is 1. The highest BCUT2D eigenvalue weighted by molar-refractivity contribution is 7.15. The molecule has 1 heterocycles. The number of benzene rings is 1. The molecule has 0 spiro atoms. The van der Waals surface area contributed by atoms with E-state index >= 15 is 0 Å². The van der Waals surface area contributed by atoms with Crippen LogP contribution < -0.4 is 0 Å². The van der Waals surface area contributed by atoms with Crippen molar-refractivity contribution in [2.45, 2.75) is 39.3 Å². The van der Waals surface area contributed by atoms with Gasteiger partial charge in [-0.1, -0.05) is 26.0 Å². The lowest BCUT2D eigenvalue weighted by Crippen LogP contribution is -2.03. The second-order valence-corrected chi connectivity index (χ2v) is 5.50. The first kappa shape index (κ1) is 18.6. The predicted octanol–water partition coefficient (Wildman–Crippen LogP) is 5.17. The third-order valence-electron chi connectivity index (χ3n) is 2.84. The zero-order valence-corrected chi connectivity index (χ0v) is 13.5. The lowest BCUT2D eigenvalue weighted by molar-refractivity contribution is -0.137. The summed E-state index contributed by atoms with van der Waals surface area (Å²) in [7, 11) is 0. The molecule has 2 nitrogen and oxygen atoms in total. The van der Waals surface area contributed by atoms with E-state index in [1.54, 1.807) is 6.20 Å².